The molecule has 1 aromatic carbocycles. The van der Waals surface area contributed by atoms with Crippen LogP contribution in [0.4, 0.5) is 0 Å². The molecule has 0 aliphatic carbocycles. The van der Waals surface area contributed by atoms with E-state index in [2.05, 4.69) is 4.98 Å². The Morgan fingerprint density at radius 2 is 2.07 bits per heavy atom. The van der Waals surface area contributed by atoms with Gasteiger partial charge < -0.3 is 15.2 Å². The molecule has 76 valence electrons. The summed E-state index contributed by atoms with van der Waals surface area (Å²) >= 11 is 0. The van der Waals surface area contributed by atoms with Gasteiger partial charge in [0.15, 0.2) is 6.10 Å². The molecule has 1 heterocycles. The van der Waals surface area contributed by atoms with Crippen molar-refractivity contribution in [1.29, 1.82) is 5.26 Å². The zero-order chi connectivity index (χ0) is 10.8. The van der Waals surface area contributed by atoms with E-state index < -0.39 is 12.2 Å². The quantitative estimate of drug-likeness (QED) is 0.637. The Bertz CT molecular complexity index is 513. The first-order chi connectivity index (χ1) is 7.22. The van der Waals surface area contributed by atoms with Crippen molar-refractivity contribution in [3.63, 3.8) is 0 Å². The van der Waals surface area contributed by atoms with E-state index in [-0.39, 0.29) is 0 Å². The van der Waals surface area contributed by atoms with Gasteiger partial charge in [0, 0.05) is 11.7 Å². The van der Waals surface area contributed by atoms with Crippen molar-refractivity contribution in [2.75, 3.05) is 0 Å². The third-order valence-corrected chi connectivity index (χ3v) is 2.35. The molecule has 2 aromatic rings. The van der Waals surface area contributed by atoms with E-state index in [1.807, 2.05) is 12.1 Å². The molecule has 15 heavy (non-hydrogen) atoms. The first kappa shape index (κ1) is 9.71. The maximum atomic E-state index is 9.60. The summed E-state index contributed by atoms with van der Waals surface area (Å²) in [5, 5.41) is 28.3. The summed E-state index contributed by atoms with van der Waals surface area (Å²) in [6.45, 7) is 0. The van der Waals surface area contributed by atoms with Crippen LogP contribution in [0.25, 0.3) is 10.9 Å². The fourth-order valence-corrected chi connectivity index (χ4v) is 1.50. The van der Waals surface area contributed by atoms with Crippen LogP contribution in [0.2, 0.25) is 0 Å². The van der Waals surface area contributed by atoms with E-state index in [4.69, 9.17) is 5.26 Å². The standard InChI is InChI=1S/C11H10N2O2/c12-6-10(14)11(15)8-2-1-7-3-4-13-9(7)5-8/h1-5,10-11,13-15H. The van der Waals surface area contributed by atoms with E-state index in [0.29, 0.717) is 5.56 Å². The molecule has 0 aliphatic heterocycles. The van der Waals surface area contributed by atoms with Crippen LogP contribution < -0.4 is 0 Å². The van der Waals surface area contributed by atoms with Crippen LogP contribution in [0, 0.1) is 11.3 Å². The Balaban J connectivity index is 2.40. The van der Waals surface area contributed by atoms with Crippen molar-refractivity contribution in [3.05, 3.63) is 36.0 Å². The Kier molecular flexibility index (Phi) is 2.42. The number of hydrogen-bond donors (Lipinski definition) is 3. The molecular formula is C11H10N2O2. The Morgan fingerprint density at radius 3 is 2.80 bits per heavy atom. The lowest BCUT2D eigenvalue weighted by molar-refractivity contribution is 0.0529. The number of rotatable bonds is 2. The van der Waals surface area contributed by atoms with E-state index >= 15 is 0 Å². The minimum atomic E-state index is -1.39. The number of aromatic amines is 1. The largest absolute Gasteiger partial charge is 0.385 e. The maximum Gasteiger partial charge on any atom is 0.170 e. The Labute approximate surface area is 86.4 Å². The molecule has 0 saturated carbocycles. The molecule has 2 atom stereocenters. The highest BCUT2D eigenvalue weighted by molar-refractivity contribution is 5.79. The second-order valence-electron chi connectivity index (χ2n) is 3.34. The number of aliphatic hydroxyl groups excluding tert-OH is 2. The van der Waals surface area contributed by atoms with Gasteiger partial charge in [0.1, 0.15) is 6.10 Å². The summed E-state index contributed by atoms with van der Waals surface area (Å²) in [6, 6.07) is 8.76. The van der Waals surface area contributed by atoms with Crippen LogP contribution in [-0.2, 0) is 0 Å². The molecule has 2 rings (SSSR count). The molecule has 1 aromatic heterocycles. The lowest BCUT2D eigenvalue weighted by Crippen LogP contribution is -2.15. The summed E-state index contributed by atoms with van der Waals surface area (Å²) in [6.07, 6.45) is -0.762. The van der Waals surface area contributed by atoms with Gasteiger partial charge in [-0.1, -0.05) is 12.1 Å². The number of hydrogen-bond acceptors (Lipinski definition) is 3. The first-order valence-corrected chi connectivity index (χ1v) is 4.55. The molecule has 3 N–H and O–H groups in total. The number of aromatic nitrogens is 1. The molecule has 4 nitrogen and oxygen atoms in total. The van der Waals surface area contributed by atoms with Crippen molar-refractivity contribution in [1.82, 2.24) is 4.98 Å². The average molecular weight is 202 g/mol. The number of nitrogens with one attached hydrogen (secondary N) is 1. The molecule has 2 unspecified atom stereocenters. The number of nitriles is 1. The number of fused-ring (bicyclic) bond motifs is 1. The van der Waals surface area contributed by atoms with E-state index in [1.165, 1.54) is 0 Å². The first-order valence-electron chi connectivity index (χ1n) is 4.55. The summed E-state index contributed by atoms with van der Waals surface area (Å²) in [5.74, 6) is 0. The van der Waals surface area contributed by atoms with Crippen LogP contribution in [0.5, 0.6) is 0 Å². The smallest absolute Gasteiger partial charge is 0.170 e. The molecule has 0 amide bonds. The van der Waals surface area contributed by atoms with Gasteiger partial charge in [0.25, 0.3) is 0 Å². The molecule has 0 radical (unpaired) electrons. The number of H-pyrrole nitrogens is 1. The van der Waals surface area contributed by atoms with Crippen molar-refractivity contribution in [2.24, 2.45) is 0 Å². The van der Waals surface area contributed by atoms with Crippen LogP contribution >= 0.6 is 0 Å². The number of benzene rings is 1. The molecule has 4 heteroatoms. The van der Waals surface area contributed by atoms with Gasteiger partial charge in [0.05, 0.1) is 6.07 Å². The topological polar surface area (TPSA) is 80.0 Å². The molecule has 0 spiro atoms. The maximum absolute atomic E-state index is 9.60. The lowest BCUT2D eigenvalue weighted by Gasteiger charge is -2.11. The zero-order valence-electron chi connectivity index (χ0n) is 7.88. The fraction of sp³-hybridized carbons (Fsp3) is 0.182. The second-order valence-corrected chi connectivity index (χ2v) is 3.34. The highest BCUT2D eigenvalue weighted by atomic mass is 16.3. The van der Waals surface area contributed by atoms with E-state index in [9.17, 15) is 10.2 Å². The van der Waals surface area contributed by atoms with Gasteiger partial charge in [-0.25, -0.2) is 0 Å². The normalized spacial score (nSPS) is 14.7. The molecule has 0 saturated heterocycles. The molecular weight excluding hydrogens is 192 g/mol. The van der Waals surface area contributed by atoms with Crippen molar-refractivity contribution < 1.29 is 10.2 Å². The predicted molar refractivity (Wildman–Crippen MR) is 54.9 cm³/mol. The third kappa shape index (κ3) is 1.71. The summed E-state index contributed by atoms with van der Waals surface area (Å²) in [5.41, 5.74) is 1.40. The SMILES string of the molecule is N#CC(O)C(O)c1ccc2cc[nH]c2c1. The van der Waals surface area contributed by atoms with Crippen LogP contribution in [0.1, 0.15) is 11.7 Å². The van der Waals surface area contributed by atoms with Gasteiger partial charge in [-0.15, -0.1) is 0 Å². The summed E-state index contributed by atoms with van der Waals surface area (Å²) < 4.78 is 0. The minimum absolute atomic E-state index is 0.527. The molecule has 0 aliphatic rings. The van der Waals surface area contributed by atoms with Crippen LogP contribution in [0.3, 0.4) is 0 Å². The van der Waals surface area contributed by atoms with Crippen molar-refractivity contribution >= 4 is 10.9 Å². The number of aliphatic hydroxyl groups is 2. The van der Waals surface area contributed by atoms with Gasteiger partial charge in [-0.05, 0) is 23.1 Å². The van der Waals surface area contributed by atoms with Crippen LogP contribution in [0.15, 0.2) is 30.5 Å². The number of nitrogens with zero attached hydrogens (tertiary/aromatic N) is 1. The Hall–Kier alpha value is -1.83. The monoisotopic (exact) mass is 202 g/mol. The summed E-state index contributed by atoms with van der Waals surface area (Å²) in [7, 11) is 0. The Morgan fingerprint density at radius 1 is 1.27 bits per heavy atom. The van der Waals surface area contributed by atoms with Gasteiger partial charge in [0.2, 0.25) is 0 Å². The third-order valence-electron chi connectivity index (χ3n) is 2.35. The minimum Gasteiger partial charge on any atom is -0.385 e. The molecule has 0 fully saturated rings. The van der Waals surface area contributed by atoms with Crippen LogP contribution in [-0.4, -0.2) is 21.3 Å². The van der Waals surface area contributed by atoms with Gasteiger partial charge >= 0.3 is 0 Å². The van der Waals surface area contributed by atoms with Crippen molar-refractivity contribution in [2.45, 2.75) is 12.2 Å². The second kappa shape index (κ2) is 3.73. The van der Waals surface area contributed by atoms with E-state index in [1.54, 1.807) is 24.4 Å². The highest BCUT2D eigenvalue weighted by Gasteiger charge is 2.17. The highest BCUT2D eigenvalue weighted by Crippen LogP contribution is 2.21. The summed E-state index contributed by atoms with van der Waals surface area (Å²) in [4.78, 5) is 3.00. The lowest BCUT2D eigenvalue weighted by atomic mass is 10.0. The zero-order valence-corrected chi connectivity index (χ0v) is 7.88. The molecule has 0 bridgehead atoms. The van der Waals surface area contributed by atoms with E-state index in [0.717, 1.165) is 10.9 Å². The average Bonchev–Trinajstić information content (AvgIpc) is 2.73. The van der Waals surface area contributed by atoms with Crippen molar-refractivity contribution in [3.8, 4) is 6.07 Å². The van der Waals surface area contributed by atoms with Gasteiger partial charge in [-0.2, -0.15) is 5.26 Å². The van der Waals surface area contributed by atoms with Gasteiger partial charge in [-0.3, -0.25) is 0 Å². The fourth-order valence-electron chi connectivity index (χ4n) is 1.50. The predicted octanol–water partition coefficient (Wildman–Crippen LogP) is 1.09.